The number of hydrogen-bond acceptors (Lipinski definition) is 5. The van der Waals surface area contributed by atoms with Gasteiger partial charge in [-0.25, -0.2) is 0 Å². The zero-order valence-electron chi connectivity index (χ0n) is 17.1. The minimum atomic E-state index is -4.42. The molecule has 1 N–H and O–H groups in total. The van der Waals surface area contributed by atoms with Gasteiger partial charge in [-0.05, 0) is 55.5 Å². The van der Waals surface area contributed by atoms with E-state index in [0.717, 1.165) is 0 Å². The molecule has 0 fully saturated rings. The number of aromatic nitrogens is 1. The molecule has 2 aromatic carbocycles. The number of hydrogen-bond donors (Lipinski definition) is 1. The lowest BCUT2D eigenvalue weighted by molar-refractivity contribution is -0.153. The van der Waals surface area contributed by atoms with Gasteiger partial charge in [0.1, 0.15) is 23.0 Å². The van der Waals surface area contributed by atoms with Crippen molar-refractivity contribution in [3.63, 3.8) is 0 Å². The molecule has 1 amide bonds. The smallest absolute Gasteiger partial charge is 0.422 e. The molecule has 6 nitrogen and oxygen atoms in total. The molecule has 1 aromatic heterocycles. The summed E-state index contributed by atoms with van der Waals surface area (Å²) in [6.45, 7) is 0.0964. The zero-order chi connectivity index (χ0) is 23.0. The van der Waals surface area contributed by atoms with Gasteiger partial charge in [-0.15, -0.1) is 0 Å². The van der Waals surface area contributed by atoms with Crippen LogP contribution in [-0.2, 0) is 4.79 Å². The first-order valence-corrected chi connectivity index (χ1v) is 9.69. The van der Waals surface area contributed by atoms with Crippen LogP contribution >= 0.6 is 0 Å². The summed E-state index contributed by atoms with van der Waals surface area (Å²) in [6.07, 6.45) is -3.24. The average Bonchev–Trinajstić information content (AvgIpc) is 2.78. The van der Waals surface area contributed by atoms with Gasteiger partial charge in [0, 0.05) is 0 Å². The van der Waals surface area contributed by atoms with E-state index in [9.17, 15) is 18.0 Å². The maximum absolute atomic E-state index is 12.2. The van der Waals surface area contributed by atoms with Gasteiger partial charge in [0.05, 0.1) is 17.9 Å². The molecule has 168 valence electrons. The highest BCUT2D eigenvalue weighted by Crippen LogP contribution is 2.23. The molecule has 0 radical (unpaired) electrons. The molecular formula is C23H21F3N2O4. The van der Waals surface area contributed by atoms with Gasteiger partial charge in [-0.3, -0.25) is 9.78 Å². The number of carbonyl (C=O) groups is 1. The van der Waals surface area contributed by atoms with E-state index in [2.05, 4.69) is 15.0 Å². The van der Waals surface area contributed by atoms with Crippen LogP contribution in [0.3, 0.4) is 0 Å². The number of rotatable bonds is 9. The van der Waals surface area contributed by atoms with Crippen molar-refractivity contribution in [1.82, 2.24) is 10.3 Å². The summed E-state index contributed by atoms with van der Waals surface area (Å²) in [6, 6.07) is 18.6. The molecule has 3 aromatic rings. The van der Waals surface area contributed by atoms with Crippen LogP contribution in [0.4, 0.5) is 13.2 Å². The summed E-state index contributed by atoms with van der Waals surface area (Å²) in [5.74, 6) is 1.46. The predicted molar refractivity (Wildman–Crippen MR) is 111 cm³/mol. The second-order valence-corrected chi connectivity index (χ2v) is 6.79. The average molecular weight is 446 g/mol. The standard InChI is InChI=1S/C23H21F3N2O4/c1-16(21-12-11-20(13-27-21)31-15-23(24,25)26)28-22(29)14-30-17-7-9-19(10-8-17)32-18-5-3-2-4-6-18/h2-13,16H,14-15H2,1H3,(H,28,29). The van der Waals surface area contributed by atoms with Gasteiger partial charge in [-0.2, -0.15) is 13.2 Å². The van der Waals surface area contributed by atoms with Crippen molar-refractivity contribution in [2.45, 2.75) is 19.1 Å². The number of pyridine rings is 1. The van der Waals surface area contributed by atoms with Crippen molar-refractivity contribution in [3.05, 3.63) is 78.6 Å². The fourth-order valence-electron chi connectivity index (χ4n) is 2.63. The van der Waals surface area contributed by atoms with Gasteiger partial charge >= 0.3 is 6.18 Å². The summed E-state index contributed by atoms with van der Waals surface area (Å²) in [7, 11) is 0. The molecule has 32 heavy (non-hydrogen) atoms. The number of benzene rings is 2. The molecule has 0 aliphatic heterocycles. The fraction of sp³-hybridized carbons (Fsp3) is 0.217. The van der Waals surface area contributed by atoms with Crippen molar-refractivity contribution >= 4 is 5.91 Å². The minimum absolute atomic E-state index is 0.00683. The maximum Gasteiger partial charge on any atom is 0.422 e. The van der Waals surface area contributed by atoms with Crippen LogP contribution in [0.2, 0.25) is 0 Å². The number of ether oxygens (including phenoxy) is 3. The number of carbonyl (C=O) groups excluding carboxylic acids is 1. The minimum Gasteiger partial charge on any atom is -0.484 e. The van der Waals surface area contributed by atoms with Crippen LogP contribution in [0, 0.1) is 0 Å². The highest BCUT2D eigenvalue weighted by molar-refractivity contribution is 5.77. The highest BCUT2D eigenvalue weighted by atomic mass is 19.4. The summed E-state index contributed by atoms with van der Waals surface area (Å²) in [5, 5.41) is 2.71. The van der Waals surface area contributed by atoms with Crippen molar-refractivity contribution in [2.24, 2.45) is 0 Å². The third-order valence-electron chi connectivity index (χ3n) is 4.16. The highest BCUT2D eigenvalue weighted by Gasteiger charge is 2.28. The lowest BCUT2D eigenvalue weighted by Crippen LogP contribution is -2.31. The topological polar surface area (TPSA) is 69.7 Å². The van der Waals surface area contributed by atoms with Gasteiger partial charge in [0.2, 0.25) is 0 Å². The molecule has 1 atom stereocenters. The summed E-state index contributed by atoms with van der Waals surface area (Å²) < 4.78 is 52.3. The van der Waals surface area contributed by atoms with Crippen LogP contribution in [0.25, 0.3) is 0 Å². The number of para-hydroxylation sites is 1. The van der Waals surface area contributed by atoms with E-state index in [-0.39, 0.29) is 18.3 Å². The monoisotopic (exact) mass is 446 g/mol. The SMILES string of the molecule is CC(NC(=O)COc1ccc(Oc2ccccc2)cc1)c1ccc(OCC(F)(F)F)cn1. The quantitative estimate of drug-likeness (QED) is 0.497. The third kappa shape index (κ3) is 7.50. The first kappa shape index (κ1) is 22.9. The molecule has 3 rings (SSSR count). The third-order valence-corrected chi connectivity index (χ3v) is 4.16. The predicted octanol–water partition coefficient (Wildman–Crippen LogP) is 5.07. The Hall–Kier alpha value is -3.75. The van der Waals surface area contributed by atoms with Gasteiger partial charge in [0.15, 0.2) is 13.2 Å². The Balaban J connectivity index is 1.44. The maximum atomic E-state index is 12.2. The van der Waals surface area contributed by atoms with Crippen LogP contribution < -0.4 is 19.5 Å². The summed E-state index contributed by atoms with van der Waals surface area (Å²) in [5.41, 5.74) is 0.472. The van der Waals surface area contributed by atoms with E-state index in [1.54, 1.807) is 31.2 Å². The summed E-state index contributed by atoms with van der Waals surface area (Å²) in [4.78, 5) is 16.2. The fourth-order valence-corrected chi connectivity index (χ4v) is 2.63. The molecule has 9 heteroatoms. The summed E-state index contributed by atoms with van der Waals surface area (Å²) >= 11 is 0. The second-order valence-electron chi connectivity index (χ2n) is 6.79. The molecule has 0 bridgehead atoms. The first-order valence-electron chi connectivity index (χ1n) is 9.69. The van der Waals surface area contributed by atoms with Crippen LogP contribution in [0.15, 0.2) is 72.9 Å². The van der Waals surface area contributed by atoms with Crippen LogP contribution in [0.5, 0.6) is 23.0 Å². The van der Waals surface area contributed by atoms with Gasteiger partial charge in [-0.1, -0.05) is 18.2 Å². The molecule has 0 saturated carbocycles. The number of nitrogens with one attached hydrogen (secondary N) is 1. The molecule has 0 aliphatic carbocycles. The zero-order valence-corrected chi connectivity index (χ0v) is 17.1. The van der Waals surface area contributed by atoms with Crippen LogP contribution in [0.1, 0.15) is 18.7 Å². The lowest BCUT2D eigenvalue weighted by Gasteiger charge is -2.15. The Morgan fingerprint density at radius 2 is 1.53 bits per heavy atom. The first-order chi connectivity index (χ1) is 15.3. The van der Waals surface area contributed by atoms with E-state index in [0.29, 0.717) is 22.9 Å². The van der Waals surface area contributed by atoms with E-state index < -0.39 is 18.8 Å². The number of amides is 1. The number of alkyl halides is 3. The van der Waals surface area contributed by atoms with Crippen molar-refractivity contribution in [3.8, 4) is 23.0 Å². The normalized spacial score (nSPS) is 12.0. The van der Waals surface area contributed by atoms with Crippen molar-refractivity contribution in [1.29, 1.82) is 0 Å². The Labute approximate surface area is 183 Å². The number of halogens is 3. The Bertz CT molecular complexity index is 995. The Kier molecular flexibility index (Phi) is 7.54. The van der Waals surface area contributed by atoms with E-state index in [1.165, 1.54) is 18.3 Å². The van der Waals surface area contributed by atoms with Crippen molar-refractivity contribution in [2.75, 3.05) is 13.2 Å². The largest absolute Gasteiger partial charge is 0.484 e. The van der Waals surface area contributed by atoms with E-state index in [4.69, 9.17) is 9.47 Å². The van der Waals surface area contributed by atoms with Gasteiger partial charge in [0.25, 0.3) is 5.91 Å². The molecule has 0 aliphatic rings. The van der Waals surface area contributed by atoms with E-state index in [1.807, 2.05) is 30.3 Å². The number of nitrogens with zero attached hydrogens (tertiary/aromatic N) is 1. The second kappa shape index (κ2) is 10.5. The molecule has 1 unspecified atom stereocenters. The Morgan fingerprint density at radius 3 is 2.16 bits per heavy atom. The molecule has 0 saturated heterocycles. The van der Waals surface area contributed by atoms with E-state index >= 15 is 0 Å². The Morgan fingerprint density at radius 1 is 0.906 bits per heavy atom. The van der Waals surface area contributed by atoms with Crippen LogP contribution in [-0.4, -0.2) is 30.3 Å². The van der Waals surface area contributed by atoms with Crippen molar-refractivity contribution < 1.29 is 32.2 Å². The molecule has 0 spiro atoms. The lowest BCUT2D eigenvalue weighted by atomic mass is 10.2. The molecule has 1 heterocycles. The van der Waals surface area contributed by atoms with Gasteiger partial charge < -0.3 is 19.5 Å². The molecular weight excluding hydrogens is 425 g/mol.